The average molecular weight is 382 g/mol. The maximum atomic E-state index is 13.0. The van der Waals surface area contributed by atoms with Gasteiger partial charge in [0.15, 0.2) is 0 Å². The largest absolute Gasteiger partial charge is 0.506 e. The van der Waals surface area contributed by atoms with E-state index in [2.05, 4.69) is 0 Å². The topological polar surface area (TPSA) is 128 Å². The molecule has 0 saturated heterocycles. The highest BCUT2D eigenvalue weighted by Crippen LogP contribution is 2.33. The lowest BCUT2D eigenvalue weighted by Gasteiger charge is -2.09. The minimum atomic E-state index is -4.21. The first kappa shape index (κ1) is 17.2. The molecule has 0 aliphatic carbocycles. The Bertz CT molecular complexity index is 1110. The smallest absolute Gasteiger partial charge is 0.289 e. The molecule has 0 saturated carbocycles. The Morgan fingerprint density at radius 2 is 2.00 bits per heavy atom. The molecule has 0 aliphatic heterocycles. The SMILES string of the molecule is NCc1cn(S(=O)(=O)c2ccc(Cl)c([N+](=O)[O-])c2)c2c(O)cccc12. The van der Waals surface area contributed by atoms with E-state index in [1.807, 2.05) is 0 Å². The van der Waals surface area contributed by atoms with Crippen LogP contribution < -0.4 is 5.73 Å². The van der Waals surface area contributed by atoms with Crippen molar-refractivity contribution >= 4 is 38.2 Å². The zero-order valence-electron chi connectivity index (χ0n) is 12.6. The second-order valence-electron chi connectivity index (χ2n) is 5.20. The molecule has 3 aromatic rings. The van der Waals surface area contributed by atoms with Crippen molar-refractivity contribution in [1.29, 1.82) is 0 Å². The summed E-state index contributed by atoms with van der Waals surface area (Å²) in [4.78, 5) is 9.92. The normalized spacial score (nSPS) is 11.8. The highest BCUT2D eigenvalue weighted by atomic mass is 35.5. The highest BCUT2D eigenvalue weighted by molar-refractivity contribution is 7.90. The molecule has 10 heteroatoms. The fraction of sp³-hybridized carbons (Fsp3) is 0.0667. The first-order valence-electron chi connectivity index (χ1n) is 6.99. The fourth-order valence-corrected chi connectivity index (χ4v) is 4.17. The molecule has 0 spiro atoms. The van der Waals surface area contributed by atoms with Crippen molar-refractivity contribution in [3.8, 4) is 5.75 Å². The van der Waals surface area contributed by atoms with E-state index in [4.69, 9.17) is 17.3 Å². The standard InChI is InChI=1S/C15H12ClN3O5S/c16-12-5-4-10(6-13(12)19(21)22)25(23,24)18-8-9(7-17)11-2-1-3-14(20)15(11)18/h1-6,8,20H,7,17H2. The van der Waals surface area contributed by atoms with Gasteiger partial charge in [0.05, 0.1) is 9.82 Å². The Labute approximate surface area is 147 Å². The summed E-state index contributed by atoms with van der Waals surface area (Å²) in [6.07, 6.45) is 1.29. The average Bonchev–Trinajstić information content (AvgIpc) is 2.95. The number of hydrogen-bond acceptors (Lipinski definition) is 6. The number of nitrogens with zero attached hydrogens (tertiary/aromatic N) is 2. The van der Waals surface area contributed by atoms with Crippen LogP contribution in [0.4, 0.5) is 5.69 Å². The van der Waals surface area contributed by atoms with Crippen molar-refractivity contribution in [3.63, 3.8) is 0 Å². The van der Waals surface area contributed by atoms with Crippen LogP contribution in [0.3, 0.4) is 0 Å². The molecule has 1 heterocycles. The first-order chi connectivity index (χ1) is 11.8. The molecule has 25 heavy (non-hydrogen) atoms. The van der Waals surface area contributed by atoms with Gasteiger partial charge >= 0.3 is 0 Å². The molecule has 0 unspecified atom stereocenters. The van der Waals surface area contributed by atoms with E-state index < -0.39 is 20.6 Å². The van der Waals surface area contributed by atoms with E-state index in [0.29, 0.717) is 10.9 Å². The van der Waals surface area contributed by atoms with Crippen LogP contribution in [0.1, 0.15) is 5.56 Å². The van der Waals surface area contributed by atoms with Crippen molar-refractivity contribution in [2.45, 2.75) is 11.4 Å². The number of nitro groups is 1. The summed E-state index contributed by atoms with van der Waals surface area (Å²) in [6, 6.07) is 7.74. The zero-order valence-corrected chi connectivity index (χ0v) is 14.2. The van der Waals surface area contributed by atoms with Gasteiger partial charge in [0, 0.05) is 24.2 Å². The molecule has 1 aromatic heterocycles. The summed E-state index contributed by atoms with van der Waals surface area (Å²) in [6.45, 7) is 0.0588. The van der Waals surface area contributed by atoms with E-state index in [9.17, 15) is 23.6 Å². The van der Waals surface area contributed by atoms with Crippen LogP contribution in [-0.2, 0) is 16.6 Å². The lowest BCUT2D eigenvalue weighted by molar-refractivity contribution is -0.384. The van der Waals surface area contributed by atoms with Crippen LogP contribution in [0.25, 0.3) is 10.9 Å². The summed E-state index contributed by atoms with van der Waals surface area (Å²) in [5.74, 6) is -0.246. The van der Waals surface area contributed by atoms with Crippen LogP contribution in [0, 0.1) is 10.1 Å². The van der Waals surface area contributed by atoms with E-state index in [1.54, 1.807) is 12.1 Å². The summed E-state index contributed by atoms with van der Waals surface area (Å²) in [5.41, 5.74) is 5.69. The van der Waals surface area contributed by atoms with Gasteiger partial charge in [-0.15, -0.1) is 0 Å². The minimum absolute atomic E-state index is 0.0561. The number of phenols is 1. The molecule has 3 N–H and O–H groups in total. The summed E-state index contributed by atoms with van der Waals surface area (Å²) in [7, 11) is -4.21. The van der Waals surface area contributed by atoms with Crippen molar-refractivity contribution in [3.05, 3.63) is 63.3 Å². The van der Waals surface area contributed by atoms with Crippen LogP contribution >= 0.6 is 11.6 Å². The van der Waals surface area contributed by atoms with E-state index >= 15 is 0 Å². The predicted octanol–water partition coefficient (Wildman–Crippen LogP) is 2.60. The first-order valence-corrected chi connectivity index (χ1v) is 8.80. The molecule has 0 amide bonds. The molecular weight excluding hydrogens is 370 g/mol. The Morgan fingerprint density at radius 1 is 1.28 bits per heavy atom. The van der Waals surface area contributed by atoms with E-state index in [-0.39, 0.29) is 27.7 Å². The molecule has 8 nitrogen and oxygen atoms in total. The highest BCUT2D eigenvalue weighted by Gasteiger charge is 2.25. The number of hydrogen-bond donors (Lipinski definition) is 2. The van der Waals surface area contributed by atoms with E-state index in [0.717, 1.165) is 16.1 Å². The van der Waals surface area contributed by atoms with Crippen molar-refractivity contribution in [1.82, 2.24) is 3.97 Å². The Balaban J connectivity index is 2.31. The Hall–Kier alpha value is -2.62. The summed E-state index contributed by atoms with van der Waals surface area (Å²) in [5, 5.41) is 21.4. The summed E-state index contributed by atoms with van der Waals surface area (Å²) < 4.78 is 26.8. The minimum Gasteiger partial charge on any atom is -0.506 e. The van der Waals surface area contributed by atoms with Crippen LogP contribution in [0.15, 0.2) is 47.5 Å². The number of rotatable bonds is 4. The number of aromatic nitrogens is 1. The van der Waals surface area contributed by atoms with Crippen LogP contribution in [0.2, 0.25) is 5.02 Å². The van der Waals surface area contributed by atoms with Gasteiger partial charge in [0.1, 0.15) is 16.3 Å². The number of phenolic OH excluding ortho intramolecular Hbond substituents is 1. The number of nitro benzene ring substituents is 1. The monoisotopic (exact) mass is 381 g/mol. The lowest BCUT2D eigenvalue weighted by atomic mass is 10.2. The number of nitrogens with two attached hydrogens (primary N) is 1. The van der Waals surface area contributed by atoms with Gasteiger partial charge in [-0.05, 0) is 23.8 Å². The molecule has 130 valence electrons. The molecule has 0 fully saturated rings. The number of aromatic hydroxyl groups is 1. The summed E-state index contributed by atoms with van der Waals surface area (Å²) >= 11 is 5.73. The van der Waals surface area contributed by atoms with Gasteiger partial charge in [0.2, 0.25) is 0 Å². The number of benzene rings is 2. The molecule has 0 atom stereocenters. The fourth-order valence-electron chi connectivity index (χ4n) is 2.56. The molecule has 2 aromatic carbocycles. The predicted molar refractivity (Wildman–Crippen MR) is 92.2 cm³/mol. The van der Waals surface area contributed by atoms with Gasteiger partial charge in [-0.1, -0.05) is 23.7 Å². The maximum absolute atomic E-state index is 13.0. The van der Waals surface area contributed by atoms with Crippen molar-refractivity contribution < 1.29 is 18.4 Å². The van der Waals surface area contributed by atoms with Gasteiger partial charge in [-0.2, -0.15) is 0 Å². The molecule has 0 aliphatic rings. The molecule has 0 bridgehead atoms. The zero-order chi connectivity index (χ0) is 18.4. The van der Waals surface area contributed by atoms with Gasteiger partial charge in [-0.25, -0.2) is 12.4 Å². The van der Waals surface area contributed by atoms with Gasteiger partial charge < -0.3 is 10.8 Å². The second kappa shape index (κ2) is 6.03. The lowest BCUT2D eigenvalue weighted by Crippen LogP contribution is -2.12. The maximum Gasteiger partial charge on any atom is 0.289 e. The van der Waals surface area contributed by atoms with Crippen LogP contribution in [-0.4, -0.2) is 22.4 Å². The third kappa shape index (κ3) is 2.72. The number of para-hydroxylation sites is 1. The number of fused-ring (bicyclic) bond motifs is 1. The van der Waals surface area contributed by atoms with E-state index in [1.165, 1.54) is 18.3 Å². The Kier molecular flexibility index (Phi) is 4.15. The molecule has 0 radical (unpaired) electrons. The quantitative estimate of drug-likeness (QED) is 0.528. The second-order valence-corrected chi connectivity index (χ2v) is 7.43. The third-order valence-electron chi connectivity index (χ3n) is 3.75. The number of halogens is 1. The van der Waals surface area contributed by atoms with Gasteiger partial charge in [0.25, 0.3) is 15.7 Å². The van der Waals surface area contributed by atoms with Crippen molar-refractivity contribution in [2.24, 2.45) is 5.73 Å². The van der Waals surface area contributed by atoms with Crippen LogP contribution in [0.5, 0.6) is 5.75 Å². The Morgan fingerprint density at radius 3 is 2.64 bits per heavy atom. The van der Waals surface area contributed by atoms with Crippen molar-refractivity contribution in [2.75, 3.05) is 0 Å². The molecular formula is C15H12ClN3O5S. The third-order valence-corrected chi connectivity index (χ3v) is 5.72. The molecule has 3 rings (SSSR count). The van der Waals surface area contributed by atoms with Gasteiger partial charge in [-0.3, -0.25) is 10.1 Å².